The van der Waals surface area contributed by atoms with Gasteiger partial charge in [0.15, 0.2) is 0 Å². The molecule has 0 aromatic carbocycles. The molecule has 0 radical (unpaired) electrons. The van der Waals surface area contributed by atoms with Gasteiger partial charge in [-0.05, 0) is 110 Å². The fourth-order valence-corrected chi connectivity index (χ4v) is 8.45. The summed E-state index contributed by atoms with van der Waals surface area (Å²) in [6.07, 6.45) is 14.2. The van der Waals surface area contributed by atoms with Gasteiger partial charge >= 0.3 is 16.5 Å². The van der Waals surface area contributed by atoms with Crippen LogP contribution in [-0.4, -0.2) is 9.97 Å². The van der Waals surface area contributed by atoms with Gasteiger partial charge in [0, 0.05) is 0 Å². The zero-order valence-electron chi connectivity index (χ0n) is 32.2. The first-order chi connectivity index (χ1) is 23.4. The molecular formula is C44H60N4Ni. The summed E-state index contributed by atoms with van der Waals surface area (Å²) in [7, 11) is 0. The summed E-state index contributed by atoms with van der Waals surface area (Å²) in [5.41, 5.74) is 22.9. The van der Waals surface area contributed by atoms with Gasteiger partial charge in [-0.2, -0.15) is 0 Å². The monoisotopic (exact) mass is 702 g/mol. The number of hydrogen-bond acceptors (Lipinski definition) is 2. The molecule has 2 aliphatic rings. The van der Waals surface area contributed by atoms with Crippen LogP contribution < -0.4 is 9.97 Å². The molecule has 4 nitrogen and oxygen atoms in total. The number of fused-ring (bicyclic) bond motifs is 8. The zero-order chi connectivity index (χ0) is 34.5. The summed E-state index contributed by atoms with van der Waals surface area (Å²) in [6.45, 7) is 23.0. The second-order valence-electron chi connectivity index (χ2n) is 13.5. The van der Waals surface area contributed by atoms with Crippen molar-refractivity contribution in [2.45, 2.75) is 159 Å². The van der Waals surface area contributed by atoms with Gasteiger partial charge in [0.2, 0.25) is 0 Å². The van der Waals surface area contributed by atoms with Crippen molar-refractivity contribution in [3.8, 4) is 0 Å². The molecule has 5 heteroatoms. The van der Waals surface area contributed by atoms with Gasteiger partial charge in [-0.15, -0.1) is 22.1 Å². The molecule has 0 fully saturated rings. The smallest absolute Gasteiger partial charge is 0.657 e. The Morgan fingerprint density at radius 3 is 1.10 bits per heavy atom. The Balaban J connectivity index is 0.00000541. The van der Waals surface area contributed by atoms with Gasteiger partial charge in [0.05, 0.1) is 22.8 Å². The average Bonchev–Trinajstić information content (AvgIpc) is 3.84. The molecule has 5 rings (SSSR count). The van der Waals surface area contributed by atoms with Gasteiger partial charge in [-0.3, -0.25) is 0 Å². The van der Waals surface area contributed by atoms with E-state index in [2.05, 4.69) is 81.4 Å². The number of hydrogen-bond donors (Lipinski definition) is 0. The van der Waals surface area contributed by atoms with Gasteiger partial charge < -0.3 is 9.97 Å². The maximum atomic E-state index is 5.76. The maximum absolute atomic E-state index is 5.76. The molecule has 0 unspecified atom stereocenters. The predicted molar refractivity (Wildman–Crippen MR) is 208 cm³/mol. The molecule has 0 aliphatic carbocycles. The Morgan fingerprint density at radius 2 is 0.796 bits per heavy atom. The molecule has 49 heavy (non-hydrogen) atoms. The quantitative estimate of drug-likeness (QED) is 0.157. The van der Waals surface area contributed by atoms with E-state index in [1.807, 2.05) is 0 Å². The van der Waals surface area contributed by atoms with Crippen molar-refractivity contribution in [3.05, 3.63) is 68.3 Å². The van der Waals surface area contributed by atoms with Crippen LogP contribution in [-0.2, 0) is 55.0 Å². The van der Waals surface area contributed by atoms with Gasteiger partial charge in [-0.1, -0.05) is 116 Å². The summed E-state index contributed by atoms with van der Waals surface area (Å²) in [5.74, 6) is 0. The van der Waals surface area contributed by atoms with Crippen LogP contribution >= 0.6 is 0 Å². The molecule has 8 bridgehead atoms. The second kappa shape index (κ2) is 17.3. The number of aromatic nitrogens is 4. The Morgan fingerprint density at radius 1 is 0.429 bits per heavy atom. The molecule has 0 N–H and O–H groups in total. The minimum absolute atomic E-state index is 0. The standard InChI is InChI=1S/C44H60N4.Ni/c1-11-21-23-35-41-31(17-7)29(15-5)39(46-41)25-37-27(13-3)28(14-4)38(45-37)26-40-30(16-6)32(18-8)42(47-40)36(24-22-12-2)44-34(20-10)33(19-9)43(35)48-44;/h25-26H,11-24H2,1-10H3;/q-2;+2. The molecular weight excluding hydrogens is 643 g/mol. The minimum atomic E-state index is 0. The van der Waals surface area contributed by atoms with E-state index < -0.39 is 0 Å². The third kappa shape index (κ3) is 7.04. The van der Waals surface area contributed by atoms with Crippen LogP contribution in [0.3, 0.4) is 0 Å². The van der Waals surface area contributed by atoms with Crippen LogP contribution in [0.15, 0.2) is 12.1 Å². The van der Waals surface area contributed by atoms with E-state index in [0.717, 1.165) is 112 Å². The Hall–Kier alpha value is -2.91. The molecule has 0 atom stereocenters. The van der Waals surface area contributed by atoms with Crippen LogP contribution in [0, 0.1) is 0 Å². The van der Waals surface area contributed by atoms with Crippen molar-refractivity contribution < 1.29 is 16.5 Å². The van der Waals surface area contributed by atoms with Crippen LogP contribution in [0.4, 0.5) is 0 Å². The zero-order valence-corrected chi connectivity index (χ0v) is 33.1. The van der Waals surface area contributed by atoms with E-state index in [0.29, 0.717) is 0 Å². The molecule has 0 saturated carbocycles. The molecule has 0 amide bonds. The van der Waals surface area contributed by atoms with E-state index >= 15 is 0 Å². The number of aryl methyl sites for hydroxylation is 6. The summed E-state index contributed by atoms with van der Waals surface area (Å²) in [6, 6.07) is 4.61. The van der Waals surface area contributed by atoms with Crippen molar-refractivity contribution in [3.63, 3.8) is 0 Å². The SMILES string of the molecule is CCCCc1c2nc(c(CCCC)c3[n-]c(cc4nc(cc5[n-]c1c(CC)c5CC)C(CC)=C4CC)c(CC)c3CC)C(CC)=C2CC.[Ni+2]. The topological polar surface area (TPSA) is 54.0 Å². The van der Waals surface area contributed by atoms with E-state index in [4.69, 9.17) is 19.9 Å². The first-order valence-electron chi connectivity index (χ1n) is 19.6. The van der Waals surface area contributed by atoms with Crippen molar-refractivity contribution >= 4 is 44.4 Å². The van der Waals surface area contributed by atoms with Crippen molar-refractivity contribution in [1.29, 1.82) is 0 Å². The number of rotatable bonds is 14. The van der Waals surface area contributed by atoms with Crippen LogP contribution in [0.5, 0.6) is 0 Å². The maximum Gasteiger partial charge on any atom is 2.00 e. The number of allylic oxidation sites excluding steroid dienone is 4. The van der Waals surface area contributed by atoms with E-state index in [1.54, 1.807) is 0 Å². The first-order valence-corrected chi connectivity index (χ1v) is 19.6. The van der Waals surface area contributed by atoms with Crippen molar-refractivity contribution in [2.24, 2.45) is 0 Å². The Labute approximate surface area is 307 Å². The van der Waals surface area contributed by atoms with Crippen LogP contribution in [0.2, 0.25) is 0 Å². The first kappa shape index (κ1) is 38.9. The molecule has 0 spiro atoms. The third-order valence-corrected chi connectivity index (χ3v) is 10.8. The minimum Gasteiger partial charge on any atom is -0.657 e. The predicted octanol–water partition coefficient (Wildman–Crippen LogP) is 12.0. The van der Waals surface area contributed by atoms with E-state index in [1.165, 1.54) is 78.1 Å². The molecule has 0 saturated heterocycles. The van der Waals surface area contributed by atoms with Gasteiger partial charge in [-0.25, -0.2) is 9.97 Å². The van der Waals surface area contributed by atoms with Crippen molar-refractivity contribution in [1.82, 2.24) is 19.9 Å². The second-order valence-corrected chi connectivity index (χ2v) is 13.5. The fraction of sp³-hybridized carbons (Fsp3) is 0.545. The van der Waals surface area contributed by atoms with Gasteiger partial charge in [0.25, 0.3) is 0 Å². The summed E-state index contributed by atoms with van der Waals surface area (Å²) >= 11 is 0. The molecule has 266 valence electrons. The molecule has 2 aliphatic heterocycles. The number of unbranched alkanes of at least 4 members (excludes halogenated alkanes) is 2. The fourth-order valence-electron chi connectivity index (χ4n) is 8.45. The van der Waals surface area contributed by atoms with E-state index in [-0.39, 0.29) is 16.5 Å². The van der Waals surface area contributed by atoms with Crippen molar-refractivity contribution in [2.75, 3.05) is 0 Å². The van der Waals surface area contributed by atoms with Crippen LogP contribution in [0.1, 0.15) is 177 Å². The summed E-state index contributed by atoms with van der Waals surface area (Å²) < 4.78 is 0. The van der Waals surface area contributed by atoms with E-state index in [9.17, 15) is 0 Å². The average molecular weight is 704 g/mol. The third-order valence-electron chi connectivity index (χ3n) is 10.8. The largest absolute Gasteiger partial charge is 2.00 e. The Bertz CT molecular complexity index is 1750. The number of nitrogens with zero attached hydrogens (tertiary/aromatic N) is 4. The normalized spacial score (nSPS) is 13.1. The molecule has 5 heterocycles. The van der Waals surface area contributed by atoms with Crippen LogP contribution in [0.25, 0.3) is 44.4 Å². The summed E-state index contributed by atoms with van der Waals surface area (Å²) in [4.78, 5) is 22.3. The summed E-state index contributed by atoms with van der Waals surface area (Å²) in [5, 5.41) is 0. The molecule has 3 aromatic heterocycles. The molecule has 3 aromatic rings. The van der Waals surface area contributed by atoms with Gasteiger partial charge in [0.1, 0.15) is 0 Å². The Kier molecular flexibility index (Phi) is 13.8.